The number of hydrogen-bond donors (Lipinski definition) is 0. The number of aromatic nitrogens is 1. The second-order valence-electron chi connectivity index (χ2n) is 3.40. The van der Waals surface area contributed by atoms with E-state index in [2.05, 4.69) is 4.98 Å². The van der Waals surface area contributed by atoms with Crippen LogP contribution in [-0.2, 0) is 0 Å². The highest BCUT2D eigenvalue weighted by Gasteiger charge is 2.33. The van der Waals surface area contributed by atoms with Crippen LogP contribution >= 0.6 is 22.9 Å². The average Bonchev–Trinajstić information content (AvgIpc) is 2.65. The lowest BCUT2D eigenvalue weighted by Gasteiger charge is -2.28. The Hall–Kier alpha value is -0.880. The van der Waals surface area contributed by atoms with E-state index in [1.54, 1.807) is 4.90 Å². The van der Waals surface area contributed by atoms with Gasteiger partial charge in [0, 0.05) is 17.9 Å². The molecule has 15 heavy (non-hydrogen) atoms. The second kappa shape index (κ2) is 4.32. The van der Waals surface area contributed by atoms with Gasteiger partial charge in [-0.25, -0.2) is 4.98 Å². The first kappa shape index (κ1) is 10.6. The van der Waals surface area contributed by atoms with Crippen molar-refractivity contribution in [3.05, 3.63) is 20.6 Å². The number of thiazole rings is 1. The molecule has 1 atom stereocenters. The molecule has 1 saturated heterocycles. The van der Waals surface area contributed by atoms with Gasteiger partial charge in [-0.05, 0) is 12.8 Å². The molecule has 0 aromatic carbocycles. The third kappa shape index (κ3) is 2.21. The zero-order valence-corrected chi connectivity index (χ0v) is 9.50. The van der Waals surface area contributed by atoms with Crippen LogP contribution in [0.2, 0.25) is 4.34 Å². The monoisotopic (exact) mass is 247 g/mol. The van der Waals surface area contributed by atoms with Gasteiger partial charge in [0.2, 0.25) is 0 Å². The van der Waals surface area contributed by atoms with Gasteiger partial charge in [0.15, 0.2) is 5.13 Å². The zero-order chi connectivity index (χ0) is 10.8. The number of rotatable bonds is 2. The van der Waals surface area contributed by atoms with Crippen LogP contribution in [0.25, 0.3) is 0 Å². The summed E-state index contributed by atoms with van der Waals surface area (Å²) in [4.78, 5) is 16.4. The van der Waals surface area contributed by atoms with Crippen molar-refractivity contribution in [2.24, 2.45) is 0 Å². The molecule has 2 heterocycles. The molecule has 0 spiro atoms. The molecule has 0 bridgehead atoms. The molecule has 7 heteroatoms. The summed E-state index contributed by atoms with van der Waals surface area (Å²) >= 11 is 7.06. The molecular formula is C8H10ClN3O2S. The van der Waals surface area contributed by atoms with Crippen LogP contribution in [-0.4, -0.2) is 22.6 Å². The average molecular weight is 248 g/mol. The normalized spacial score (nSPS) is 21.7. The number of piperidine rings is 1. The maximum absolute atomic E-state index is 10.9. The van der Waals surface area contributed by atoms with Gasteiger partial charge in [-0.2, -0.15) is 0 Å². The van der Waals surface area contributed by atoms with Crippen molar-refractivity contribution >= 4 is 28.1 Å². The summed E-state index contributed by atoms with van der Waals surface area (Å²) in [6.45, 7) is 0.690. The fourth-order valence-electron chi connectivity index (χ4n) is 1.73. The van der Waals surface area contributed by atoms with Gasteiger partial charge in [0.1, 0.15) is 4.34 Å². The highest BCUT2D eigenvalue weighted by atomic mass is 35.5. The van der Waals surface area contributed by atoms with Crippen LogP contribution in [0.5, 0.6) is 0 Å². The number of halogens is 1. The van der Waals surface area contributed by atoms with E-state index in [0.29, 0.717) is 22.4 Å². The number of nitrogens with zero attached hydrogens (tertiary/aromatic N) is 3. The first-order chi connectivity index (χ1) is 7.18. The van der Waals surface area contributed by atoms with Crippen molar-refractivity contribution in [3.63, 3.8) is 0 Å². The molecule has 1 unspecified atom stereocenters. The molecule has 2 rings (SSSR count). The fraction of sp³-hybridized carbons (Fsp3) is 0.625. The molecule has 0 saturated carbocycles. The minimum absolute atomic E-state index is 0.242. The Morgan fingerprint density at radius 3 is 3.07 bits per heavy atom. The van der Waals surface area contributed by atoms with E-state index in [-0.39, 0.29) is 4.92 Å². The molecule has 0 amide bonds. The molecule has 0 radical (unpaired) electrons. The first-order valence-electron chi connectivity index (χ1n) is 4.70. The standard InChI is InChI=1S/C8H10ClN3O2S/c9-6-5-10-8(15-6)11-4-2-1-3-7(11)12(13)14/h5,7H,1-4H2. The molecule has 5 nitrogen and oxygen atoms in total. The number of nitro groups is 1. The smallest absolute Gasteiger partial charge is 0.286 e. The second-order valence-corrected chi connectivity index (χ2v) is 5.04. The molecule has 1 aromatic heterocycles. The molecule has 1 aliphatic heterocycles. The number of anilines is 1. The van der Waals surface area contributed by atoms with Crippen LogP contribution in [0.4, 0.5) is 5.13 Å². The Morgan fingerprint density at radius 1 is 1.67 bits per heavy atom. The lowest BCUT2D eigenvalue weighted by Crippen LogP contribution is -2.44. The first-order valence-corrected chi connectivity index (χ1v) is 5.89. The van der Waals surface area contributed by atoms with Crippen molar-refractivity contribution in [2.75, 3.05) is 11.4 Å². The van der Waals surface area contributed by atoms with Gasteiger partial charge in [-0.15, -0.1) is 0 Å². The molecule has 1 aliphatic rings. The van der Waals surface area contributed by atoms with Crippen molar-refractivity contribution in [2.45, 2.75) is 25.4 Å². The molecule has 0 N–H and O–H groups in total. The molecule has 1 aromatic rings. The number of hydrogen-bond acceptors (Lipinski definition) is 5. The van der Waals surface area contributed by atoms with Crippen LogP contribution in [0.3, 0.4) is 0 Å². The molecule has 1 fully saturated rings. The maximum atomic E-state index is 10.9. The van der Waals surface area contributed by atoms with E-state index in [1.807, 2.05) is 0 Å². The molecule has 0 aliphatic carbocycles. The predicted octanol–water partition coefficient (Wildman–Crippen LogP) is 2.39. The zero-order valence-electron chi connectivity index (χ0n) is 7.93. The SMILES string of the molecule is O=[N+]([O-])C1CCCCN1c1ncc(Cl)s1. The van der Waals surface area contributed by atoms with Crippen molar-refractivity contribution in [1.29, 1.82) is 0 Å². The lowest BCUT2D eigenvalue weighted by atomic mass is 10.1. The van der Waals surface area contributed by atoms with Gasteiger partial charge >= 0.3 is 0 Å². The van der Waals surface area contributed by atoms with Gasteiger partial charge in [0.05, 0.1) is 6.20 Å². The fourth-order valence-corrected chi connectivity index (χ4v) is 2.71. The van der Waals surface area contributed by atoms with E-state index < -0.39 is 6.17 Å². The summed E-state index contributed by atoms with van der Waals surface area (Å²) < 4.78 is 0.567. The highest BCUT2D eigenvalue weighted by Crippen LogP contribution is 2.31. The van der Waals surface area contributed by atoms with Gasteiger partial charge in [-0.3, -0.25) is 15.0 Å². The summed E-state index contributed by atoms with van der Waals surface area (Å²) in [7, 11) is 0. The Balaban J connectivity index is 2.21. The highest BCUT2D eigenvalue weighted by molar-refractivity contribution is 7.19. The molecule has 82 valence electrons. The summed E-state index contributed by atoms with van der Waals surface area (Å²) in [6, 6.07) is 0. The topological polar surface area (TPSA) is 59.3 Å². The van der Waals surface area contributed by atoms with Gasteiger partial charge < -0.3 is 0 Å². The third-order valence-corrected chi connectivity index (χ3v) is 3.58. The molecular weight excluding hydrogens is 238 g/mol. The summed E-state index contributed by atoms with van der Waals surface area (Å²) in [5, 5.41) is 11.5. The predicted molar refractivity (Wildman–Crippen MR) is 59.1 cm³/mol. The van der Waals surface area contributed by atoms with E-state index in [9.17, 15) is 10.1 Å². The largest absolute Gasteiger partial charge is 0.288 e. The quantitative estimate of drug-likeness (QED) is 0.595. The van der Waals surface area contributed by atoms with Crippen LogP contribution in [0.1, 0.15) is 19.3 Å². The minimum Gasteiger partial charge on any atom is -0.286 e. The van der Waals surface area contributed by atoms with Gasteiger partial charge in [0.25, 0.3) is 6.17 Å². The summed E-state index contributed by atoms with van der Waals surface area (Å²) in [5.74, 6) is 0. The Labute approximate surface area is 95.8 Å². The van der Waals surface area contributed by atoms with Gasteiger partial charge in [-0.1, -0.05) is 22.9 Å². The van der Waals surface area contributed by atoms with Crippen molar-refractivity contribution in [1.82, 2.24) is 4.98 Å². The Kier molecular flexibility index (Phi) is 3.06. The van der Waals surface area contributed by atoms with Crippen molar-refractivity contribution in [3.8, 4) is 0 Å². The van der Waals surface area contributed by atoms with Crippen LogP contribution in [0, 0.1) is 10.1 Å². The lowest BCUT2D eigenvalue weighted by molar-refractivity contribution is -0.524. The Bertz CT molecular complexity index is 371. The summed E-state index contributed by atoms with van der Waals surface area (Å²) in [6.07, 6.45) is 3.36. The van der Waals surface area contributed by atoms with Crippen LogP contribution in [0.15, 0.2) is 6.20 Å². The van der Waals surface area contributed by atoms with E-state index in [0.717, 1.165) is 12.8 Å². The van der Waals surface area contributed by atoms with Crippen molar-refractivity contribution < 1.29 is 4.92 Å². The maximum Gasteiger partial charge on any atom is 0.288 e. The summed E-state index contributed by atoms with van der Waals surface area (Å²) in [5.41, 5.74) is 0. The van der Waals surface area contributed by atoms with E-state index >= 15 is 0 Å². The van der Waals surface area contributed by atoms with Crippen LogP contribution < -0.4 is 4.90 Å². The third-order valence-electron chi connectivity index (χ3n) is 2.43. The minimum atomic E-state index is -0.638. The Morgan fingerprint density at radius 2 is 2.47 bits per heavy atom. The van der Waals surface area contributed by atoms with E-state index in [4.69, 9.17) is 11.6 Å². The van der Waals surface area contributed by atoms with E-state index in [1.165, 1.54) is 17.5 Å².